The molecule has 0 spiro atoms. The Balaban J connectivity index is 2.15. The number of aryl methyl sites for hydroxylation is 1. The SMILES string of the molecule is CCCc1cc(=O)oc2c3c(c4c(c12)OCC(C)C4OCC)OC(C)CC3=O. The summed E-state index contributed by atoms with van der Waals surface area (Å²) in [4.78, 5) is 25.2. The van der Waals surface area contributed by atoms with Crippen molar-refractivity contribution in [2.24, 2.45) is 5.92 Å². The van der Waals surface area contributed by atoms with Crippen LogP contribution >= 0.6 is 0 Å². The van der Waals surface area contributed by atoms with Crippen molar-refractivity contribution in [3.05, 3.63) is 33.2 Å². The summed E-state index contributed by atoms with van der Waals surface area (Å²) in [5.41, 5.74) is 1.78. The molecule has 0 saturated carbocycles. The van der Waals surface area contributed by atoms with Gasteiger partial charge in [-0.05, 0) is 25.8 Å². The smallest absolute Gasteiger partial charge is 0.336 e. The lowest BCUT2D eigenvalue weighted by Crippen LogP contribution is -2.31. The molecule has 0 fully saturated rings. The normalized spacial score (nSPS) is 23.7. The minimum Gasteiger partial charge on any atom is -0.492 e. The van der Waals surface area contributed by atoms with Gasteiger partial charge in [0.2, 0.25) is 0 Å². The molecule has 0 radical (unpaired) electrons. The van der Waals surface area contributed by atoms with Crippen LogP contribution in [0, 0.1) is 5.92 Å². The van der Waals surface area contributed by atoms with Gasteiger partial charge in [0, 0.05) is 25.0 Å². The number of benzene rings is 1. The van der Waals surface area contributed by atoms with E-state index < -0.39 is 5.63 Å². The van der Waals surface area contributed by atoms with Crippen LogP contribution in [0.15, 0.2) is 15.3 Å². The fourth-order valence-corrected chi connectivity index (χ4v) is 4.31. The van der Waals surface area contributed by atoms with Gasteiger partial charge in [0.15, 0.2) is 11.4 Å². The summed E-state index contributed by atoms with van der Waals surface area (Å²) in [6.07, 6.45) is 1.30. The maximum Gasteiger partial charge on any atom is 0.336 e. The van der Waals surface area contributed by atoms with Crippen LogP contribution in [-0.4, -0.2) is 25.1 Å². The number of hydrogen-bond donors (Lipinski definition) is 0. The van der Waals surface area contributed by atoms with E-state index in [1.54, 1.807) is 0 Å². The van der Waals surface area contributed by atoms with Crippen molar-refractivity contribution in [3.8, 4) is 11.5 Å². The summed E-state index contributed by atoms with van der Waals surface area (Å²) in [5.74, 6) is 1.11. The van der Waals surface area contributed by atoms with Crippen molar-refractivity contribution in [1.29, 1.82) is 0 Å². The molecule has 4 rings (SSSR count). The van der Waals surface area contributed by atoms with Crippen LogP contribution in [0.2, 0.25) is 0 Å². The number of hydrogen-bond acceptors (Lipinski definition) is 6. The van der Waals surface area contributed by atoms with Crippen molar-refractivity contribution >= 4 is 16.8 Å². The molecule has 0 saturated heterocycles. The van der Waals surface area contributed by atoms with Gasteiger partial charge in [0.25, 0.3) is 0 Å². The van der Waals surface area contributed by atoms with E-state index in [0.29, 0.717) is 42.1 Å². The summed E-state index contributed by atoms with van der Waals surface area (Å²) < 4.78 is 23.9. The third-order valence-corrected chi connectivity index (χ3v) is 5.44. The van der Waals surface area contributed by atoms with E-state index in [2.05, 4.69) is 6.92 Å². The van der Waals surface area contributed by atoms with E-state index in [-0.39, 0.29) is 35.9 Å². The molecule has 2 aromatic rings. The lowest BCUT2D eigenvalue weighted by molar-refractivity contribution is -0.00922. The second-order valence-corrected chi connectivity index (χ2v) is 7.71. The van der Waals surface area contributed by atoms with Crippen molar-refractivity contribution < 1.29 is 23.4 Å². The number of Topliss-reactive ketones (excluding diaryl/α,β-unsaturated/α-hetero) is 1. The van der Waals surface area contributed by atoms with Crippen molar-refractivity contribution in [2.45, 2.75) is 59.2 Å². The van der Waals surface area contributed by atoms with Gasteiger partial charge in [0.1, 0.15) is 23.2 Å². The van der Waals surface area contributed by atoms with Gasteiger partial charge in [-0.2, -0.15) is 0 Å². The first-order valence-corrected chi connectivity index (χ1v) is 10.1. The molecule has 2 aliphatic heterocycles. The first kappa shape index (κ1) is 19.0. The highest BCUT2D eigenvalue weighted by Crippen LogP contribution is 2.52. The lowest BCUT2D eigenvalue weighted by atomic mass is 9.86. The largest absolute Gasteiger partial charge is 0.492 e. The molecule has 3 heterocycles. The summed E-state index contributed by atoms with van der Waals surface area (Å²) in [6.45, 7) is 8.95. The molecule has 6 nitrogen and oxygen atoms in total. The van der Waals surface area contributed by atoms with Gasteiger partial charge in [0.05, 0.1) is 23.7 Å². The quantitative estimate of drug-likeness (QED) is 0.733. The minimum absolute atomic E-state index is 0.0770. The molecule has 150 valence electrons. The molecule has 0 bridgehead atoms. The Kier molecular flexibility index (Phi) is 4.91. The van der Waals surface area contributed by atoms with E-state index in [9.17, 15) is 9.59 Å². The number of ether oxygens (including phenoxy) is 3. The maximum absolute atomic E-state index is 13.0. The molecule has 1 aromatic heterocycles. The van der Waals surface area contributed by atoms with E-state index in [0.717, 1.165) is 17.5 Å². The number of carbonyl (C=O) groups is 1. The van der Waals surface area contributed by atoms with Gasteiger partial charge >= 0.3 is 5.63 Å². The van der Waals surface area contributed by atoms with Crippen LogP contribution in [0.25, 0.3) is 11.0 Å². The van der Waals surface area contributed by atoms with Gasteiger partial charge in [-0.3, -0.25) is 4.79 Å². The number of fused-ring (bicyclic) bond motifs is 6. The van der Waals surface area contributed by atoms with Crippen LogP contribution in [0.5, 0.6) is 11.5 Å². The highest BCUT2D eigenvalue weighted by atomic mass is 16.5. The topological polar surface area (TPSA) is 75.0 Å². The standard InChI is InChI=1S/C22H26O6/c1-5-7-13-9-15(24)28-21-16(13)20-18(19(25-6-2)11(3)10-26-20)22-17(21)14(23)8-12(4)27-22/h9,11-12,19H,5-8,10H2,1-4H3. The van der Waals surface area contributed by atoms with Crippen LogP contribution in [0.4, 0.5) is 0 Å². The molecule has 6 heteroatoms. The van der Waals surface area contributed by atoms with Crippen LogP contribution in [-0.2, 0) is 11.2 Å². The highest BCUT2D eigenvalue weighted by Gasteiger charge is 2.40. The molecule has 0 amide bonds. The van der Waals surface area contributed by atoms with Crippen molar-refractivity contribution in [3.63, 3.8) is 0 Å². The Morgan fingerprint density at radius 3 is 2.68 bits per heavy atom. The maximum atomic E-state index is 13.0. The summed E-state index contributed by atoms with van der Waals surface area (Å²) in [7, 11) is 0. The zero-order valence-corrected chi connectivity index (χ0v) is 16.8. The average molecular weight is 386 g/mol. The summed E-state index contributed by atoms with van der Waals surface area (Å²) in [6, 6.07) is 1.51. The number of ketones is 1. The molecule has 28 heavy (non-hydrogen) atoms. The second kappa shape index (κ2) is 7.24. The second-order valence-electron chi connectivity index (χ2n) is 7.71. The Labute approximate surface area is 163 Å². The number of carbonyl (C=O) groups excluding carboxylic acids is 1. The molecule has 2 aliphatic rings. The molecule has 3 atom stereocenters. The molecule has 0 aliphatic carbocycles. The number of rotatable bonds is 4. The fraction of sp³-hybridized carbons (Fsp3) is 0.545. The minimum atomic E-state index is -0.463. The van der Waals surface area contributed by atoms with Crippen LogP contribution in [0.1, 0.15) is 68.1 Å². The fourth-order valence-electron chi connectivity index (χ4n) is 4.31. The van der Waals surface area contributed by atoms with Gasteiger partial charge < -0.3 is 18.6 Å². The Bertz CT molecular complexity index is 989. The van der Waals surface area contributed by atoms with Gasteiger partial charge in [-0.15, -0.1) is 0 Å². The lowest BCUT2D eigenvalue weighted by Gasteiger charge is -2.36. The first-order valence-electron chi connectivity index (χ1n) is 10.1. The molecule has 0 N–H and O–H groups in total. The summed E-state index contributed by atoms with van der Waals surface area (Å²) in [5, 5.41) is 0.707. The monoisotopic (exact) mass is 386 g/mol. The highest BCUT2D eigenvalue weighted by molar-refractivity contribution is 6.12. The summed E-state index contributed by atoms with van der Waals surface area (Å²) >= 11 is 0. The Hall–Kier alpha value is -2.34. The van der Waals surface area contributed by atoms with Gasteiger partial charge in [-0.25, -0.2) is 4.79 Å². The predicted molar refractivity (Wildman–Crippen MR) is 105 cm³/mol. The Morgan fingerprint density at radius 2 is 1.96 bits per heavy atom. The predicted octanol–water partition coefficient (Wildman–Crippen LogP) is 4.21. The van der Waals surface area contributed by atoms with E-state index >= 15 is 0 Å². The van der Waals surface area contributed by atoms with Crippen LogP contribution in [0.3, 0.4) is 0 Å². The molecular weight excluding hydrogens is 360 g/mol. The van der Waals surface area contributed by atoms with E-state index in [4.69, 9.17) is 18.6 Å². The molecule has 3 unspecified atom stereocenters. The van der Waals surface area contributed by atoms with Crippen molar-refractivity contribution in [1.82, 2.24) is 0 Å². The molecule has 1 aromatic carbocycles. The Morgan fingerprint density at radius 1 is 1.18 bits per heavy atom. The van der Waals surface area contributed by atoms with Crippen molar-refractivity contribution in [2.75, 3.05) is 13.2 Å². The van der Waals surface area contributed by atoms with Crippen LogP contribution < -0.4 is 15.1 Å². The molecular formula is C22H26O6. The average Bonchev–Trinajstić information content (AvgIpc) is 2.63. The first-order chi connectivity index (χ1) is 13.5. The van der Waals surface area contributed by atoms with E-state index in [1.165, 1.54) is 6.07 Å². The third kappa shape index (κ3) is 2.91. The third-order valence-electron chi connectivity index (χ3n) is 5.44. The van der Waals surface area contributed by atoms with Gasteiger partial charge in [-0.1, -0.05) is 20.3 Å². The van der Waals surface area contributed by atoms with E-state index in [1.807, 2.05) is 20.8 Å². The zero-order valence-electron chi connectivity index (χ0n) is 16.8. The zero-order chi connectivity index (χ0) is 20.0.